The second-order valence-electron chi connectivity index (χ2n) is 4.34. The first-order valence-electron chi connectivity index (χ1n) is 5.10. The molecule has 1 aliphatic rings. The first-order chi connectivity index (χ1) is 5.61. The summed E-state index contributed by atoms with van der Waals surface area (Å²) in [6.07, 6.45) is 1.28. The maximum absolute atomic E-state index is 3.67. The maximum atomic E-state index is 3.67. The van der Waals surface area contributed by atoms with Gasteiger partial charge in [0, 0.05) is 18.1 Å². The normalized spacial score (nSPS) is 32.8. The zero-order valence-corrected chi connectivity index (χ0v) is 8.72. The van der Waals surface area contributed by atoms with E-state index in [2.05, 4.69) is 38.3 Å². The van der Waals surface area contributed by atoms with Crippen LogP contribution in [0, 0.1) is 5.92 Å². The molecule has 72 valence electrons. The second-order valence-corrected chi connectivity index (χ2v) is 4.34. The number of rotatable bonds is 3. The van der Waals surface area contributed by atoms with Gasteiger partial charge in [-0.1, -0.05) is 13.8 Å². The van der Waals surface area contributed by atoms with E-state index in [1.54, 1.807) is 0 Å². The van der Waals surface area contributed by atoms with Crippen molar-refractivity contribution in [2.75, 3.05) is 6.54 Å². The summed E-state index contributed by atoms with van der Waals surface area (Å²) in [6.45, 7) is 10.2. The minimum absolute atomic E-state index is 0.636. The van der Waals surface area contributed by atoms with Gasteiger partial charge in [0.15, 0.2) is 0 Å². The predicted molar refractivity (Wildman–Crippen MR) is 53.3 cm³/mol. The van der Waals surface area contributed by atoms with Crippen molar-refractivity contribution in [2.45, 2.75) is 52.2 Å². The van der Waals surface area contributed by atoms with E-state index in [4.69, 9.17) is 0 Å². The highest BCUT2D eigenvalue weighted by molar-refractivity contribution is 4.87. The summed E-state index contributed by atoms with van der Waals surface area (Å²) in [5.41, 5.74) is 0. The molecule has 1 saturated heterocycles. The Labute approximate surface area is 76.1 Å². The molecule has 2 heteroatoms. The van der Waals surface area contributed by atoms with Crippen molar-refractivity contribution in [2.24, 2.45) is 5.92 Å². The summed E-state index contributed by atoms with van der Waals surface area (Å²) in [5, 5.41) is 7.12. The molecule has 0 aromatic rings. The fraction of sp³-hybridized carbons (Fsp3) is 1.00. The molecule has 2 nitrogen and oxygen atoms in total. The molecule has 1 aliphatic heterocycles. The van der Waals surface area contributed by atoms with Crippen molar-refractivity contribution < 1.29 is 0 Å². The average molecular weight is 170 g/mol. The third-order valence-corrected chi connectivity index (χ3v) is 3.00. The Morgan fingerprint density at radius 1 is 1.33 bits per heavy atom. The van der Waals surface area contributed by atoms with Gasteiger partial charge in [0.05, 0.1) is 0 Å². The van der Waals surface area contributed by atoms with E-state index in [0.717, 1.165) is 5.92 Å². The molecule has 0 aromatic carbocycles. The van der Waals surface area contributed by atoms with Crippen LogP contribution in [0.25, 0.3) is 0 Å². The molecular weight excluding hydrogens is 148 g/mol. The van der Waals surface area contributed by atoms with Gasteiger partial charge in [-0.25, -0.2) is 0 Å². The van der Waals surface area contributed by atoms with Gasteiger partial charge in [-0.15, -0.1) is 0 Å². The van der Waals surface area contributed by atoms with Crippen LogP contribution in [0.3, 0.4) is 0 Å². The summed E-state index contributed by atoms with van der Waals surface area (Å²) in [5.74, 6) is 0.734. The summed E-state index contributed by atoms with van der Waals surface area (Å²) in [7, 11) is 0. The highest BCUT2D eigenvalue weighted by Crippen LogP contribution is 2.09. The average Bonchev–Trinajstić information content (AvgIpc) is 2.36. The summed E-state index contributed by atoms with van der Waals surface area (Å²) in [4.78, 5) is 0. The van der Waals surface area contributed by atoms with Crippen LogP contribution < -0.4 is 10.6 Å². The lowest BCUT2D eigenvalue weighted by atomic mass is 10.0. The lowest BCUT2D eigenvalue weighted by Crippen LogP contribution is -2.44. The van der Waals surface area contributed by atoms with E-state index < -0.39 is 0 Å². The van der Waals surface area contributed by atoms with Gasteiger partial charge in [-0.05, 0) is 32.7 Å². The van der Waals surface area contributed by atoms with Crippen molar-refractivity contribution in [3.63, 3.8) is 0 Å². The molecule has 1 fully saturated rings. The highest BCUT2D eigenvalue weighted by Gasteiger charge is 2.24. The molecule has 0 radical (unpaired) electrons. The molecular formula is C10H22N2. The Morgan fingerprint density at radius 2 is 2.00 bits per heavy atom. The van der Waals surface area contributed by atoms with Crippen LogP contribution in [0.15, 0.2) is 0 Å². The van der Waals surface area contributed by atoms with Crippen molar-refractivity contribution in [1.82, 2.24) is 10.6 Å². The molecule has 12 heavy (non-hydrogen) atoms. The van der Waals surface area contributed by atoms with E-state index in [1.165, 1.54) is 13.0 Å². The van der Waals surface area contributed by atoms with Crippen molar-refractivity contribution in [3.8, 4) is 0 Å². The van der Waals surface area contributed by atoms with E-state index in [0.29, 0.717) is 18.1 Å². The van der Waals surface area contributed by atoms with Crippen LogP contribution in [0.1, 0.15) is 34.1 Å². The third-order valence-electron chi connectivity index (χ3n) is 3.00. The monoisotopic (exact) mass is 170 g/mol. The van der Waals surface area contributed by atoms with Crippen LogP contribution in [-0.2, 0) is 0 Å². The Kier molecular flexibility index (Phi) is 3.53. The third kappa shape index (κ3) is 2.46. The number of hydrogen-bond acceptors (Lipinski definition) is 2. The van der Waals surface area contributed by atoms with Gasteiger partial charge in [0.2, 0.25) is 0 Å². The van der Waals surface area contributed by atoms with E-state index >= 15 is 0 Å². The lowest BCUT2D eigenvalue weighted by Gasteiger charge is -2.24. The van der Waals surface area contributed by atoms with Gasteiger partial charge >= 0.3 is 0 Å². The minimum atomic E-state index is 0.636. The molecule has 3 atom stereocenters. The zero-order valence-electron chi connectivity index (χ0n) is 8.72. The molecule has 0 bridgehead atoms. The molecule has 0 amide bonds. The Bertz CT molecular complexity index is 134. The number of nitrogens with one attached hydrogen (secondary N) is 2. The van der Waals surface area contributed by atoms with Crippen molar-refractivity contribution in [3.05, 3.63) is 0 Å². The van der Waals surface area contributed by atoms with Gasteiger partial charge < -0.3 is 10.6 Å². The fourth-order valence-electron chi connectivity index (χ4n) is 1.62. The van der Waals surface area contributed by atoms with Crippen LogP contribution in [-0.4, -0.2) is 24.7 Å². The van der Waals surface area contributed by atoms with Crippen LogP contribution in [0.4, 0.5) is 0 Å². The first-order valence-corrected chi connectivity index (χ1v) is 5.10. The standard InChI is InChI=1S/C10H22N2/c1-7(2)8(3)12-10-5-6-11-9(10)4/h7-12H,5-6H2,1-4H3. The van der Waals surface area contributed by atoms with Crippen molar-refractivity contribution >= 4 is 0 Å². The van der Waals surface area contributed by atoms with E-state index in [1.807, 2.05) is 0 Å². The van der Waals surface area contributed by atoms with E-state index in [-0.39, 0.29) is 0 Å². The topological polar surface area (TPSA) is 24.1 Å². The lowest BCUT2D eigenvalue weighted by molar-refractivity contribution is 0.357. The van der Waals surface area contributed by atoms with Crippen LogP contribution in [0.2, 0.25) is 0 Å². The quantitative estimate of drug-likeness (QED) is 0.668. The van der Waals surface area contributed by atoms with Crippen molar-refractivity contribution in [1.29, 1.82) is 0 Å². The van der Waals surface area contributed by atoms with Gasteiger partial charge in [-0.3, -0.25) is 0 Å². The Balaban J connectivity index is 2.30. The molecule has 2 N–H and O–H groups in total. The van der Waals surface area contributed by atoms with Gasteiger partial charge in [-0.2, -0.15) is 0 Å². The second kappa shape index (κ2) is 4.24. The zero-order chi connectivity index (χ0) is 9.14. The smallest absolute Gasteiger partial charge is 0.0233 e. The molecule has 0 spiro atoms. The molecule has 0 aromatic heterocycles. The molecule has 3 unspecified atom stereocenters. The minimum Gasteiger partial charge on any atom is -0.313 e. The maximum Gasteiger partial charge on any atom is 0.0233 e. The Hall–Kier alpha value is -0.0800. The summed E-state index contributed by atoms with van der Waals surface area (Å²) in [6, 6.07) is 1.96. The SMILES string of the molecule is CC(C)C(C)NC1CCNC1C. The summed E-state index contributed by atoms with van der Waals surface area (Å²) >= 11 is 0. The van der Waals surface area contributed by atoms with Gasteiger partial charge in [0.1, 0.15) is 0 Å². The molecule has 1 rings (SSSR count). The fourth-order valence-corrected chi connectivity index (χ4v) is 1.62. The molecule has 0 saturated carbocycles. The van der Waals surface area contributed by atoms with Gasteiger partial charge in [0.25, 0.3) is 0 Å². The highest BCUT2D eigenvalue weighted by atomic mass is 15.1. The van der Waals surface area contributed by atoms with Crippen LogP contribution >= 0.6 is 0 Å². The van der Waals surface area contributed by atoms with E-state index in [9.17, 15) is 0 Å². The largest absolute Gasteiger partial charge is 0.313 e. The predicted octanol–water partition coefficient (Wildman–Crippen LogP) is 1.37. The first kappa shape index (κ1) is 10.0. The molecule has 1 heterocycles. The molecule has 0 aliphatic carbocycles. The Morgan fingerprint density at radius 3 is 2.42 bits per heavy atom. The summed E-state index contributed by atoms with van der Waals surface area (Å²) < 4.78 is 0. The van der Waals surface area contributed by atoms with Crippen LogP contribution in [0.5, 0.6) is 0 Å². The number of hydrogen-bond donors (Lipinski definition) is 2.